The average molecular weight is 583 g/mol. The number of aromatic nitrogens is 4. The second-order valence-corrected chi connectivity index (χ2v) is 11.0. The maximum absolute atomic E-state index is 11.7. The molecule has 0 saturated carbocycles. The summed E-state index contributed by atoms with van der Waals surface area (Å²) in [4.78, 5) is 29.2. The lowest BCUT2D eigenvalue weighted by molar-refractivity contribution is 0.0697. The maximum Gasteiger partial charge on any atom is 0.335 e. The summed E-state index contributed by atoms with van der Waals surface area (Å²) >= 11 is 0. The van der Waals surface area contributed by atoms with Gasteiger partial charge in [-0.15, -0.1) is 0 Å². The number of H-pyrrole nitrogens is 2. The Morgan fingerprint density at radius 1 is 0.511 bits per heavy atom. The van der Waals surface area contributed by atoms with Gasteiger partial charge in [0, 0.05) is 38.8 Å². The smallest absolute Gasteiger partial charge is 0.335 e. The molecule has 2 aliphatic heterocycles. The van der Waals surface area contributed by atoms with E-state index < -0.39 is 5.97 Å². The van der Waals surface area contributed by atoms with E-state index in [1.165, 1.54) is 0 Å². The molecule has 5 heterocycles. The van der Waals surface area contributed by atoms with Crippen LogP contribution in [-0.4, -0.2) is 31.0 Å². The van der Waals surface area contributed by atoms with Crippen molar-refractivity contribution in [2.45, 2.75) is 0 Å². The Labute approximate surface area is 258 Å². The van der Waals surface area contributed by atoms with Crippen LogP contribution in [0.15, 0.2) is 115 Å². The first kappa shape index (κ1) is 26.4. The van der Waals surface area contributed by atoms with E-state index in [9.17, 15) is 9.90 Å². The van der Waals surface area contributed by atoms with E-state index in [1.54, 1.807) is 12.1 Å². The van der Waals surface area contributed by atoms with Gasteiger partial charge >= 0.3 is 5.97 Å². The van der Waals surface area contributed by atoms with E-state index >= 15 is 0 Å². The molecule has 6 nitrogen and oxygen atoms in total. The lowest BCUT2D eigenvalue weighted by atomic mass is 10.0. The number of carboxylic acid groups (broad SMARTS) is 1. The van der Waals surface area contributed by atoms with Crippen LogP contribution >= 0.6 is 0 Å². The third-order valence-corrected chi connectivity index (χ3v) is 8.12. The lowest BCUT2D eigenvalue weighted by Crippen LogP contribution is -1.95. The van der Waals surface area contributed by atoms with Crippen molar-refractivity contribution in [3.8, 4) is 33.4 Å². The second kappa shape index (κ2) is 10.8. The Bertz CT molecular complexity index is 2290. The fraction of sp³-hybridized carbons (Fsp3) is 0. The van der Waals surface area contributed by atoms with E-state index in [2.05, 4.69) is 70.6 Å². The first-order valence-corrected chi connectivity index (χ1v) is 14.7. The minimum Gasteiger partial charge on any atom is -0.478 e. The number of nitrogens with zero attached hydrogens (tertiary/aromatic N) is 2. The van der Waals surface area contributed by atoms with Crippen LogP contribution in [0.2, 0.25) is 0 Å². The molecule has 0 unspecified atom stereocenters. The van der Waals surface area contributed by atoms with Crippen LogP contribution in [0, 0.1) is 0 Å². The molecule has 214 valence electrons. The number of rotatable bonds is 4. The van der Waals surface area contributed by atoms with E-state index in [0.717, 1.165) is 78.2 Å². The largest absolute Gasteiger partial charge is 0.478 e. The quantitative estimate of drug-likeness (QED) is 0.193. The molecule has 0 aliphatic carbocycles. The van der Waals surface area contributed by atoms with Crippen molar-refractivity contribution in [3.05, 3.63) is 144 Å². The first-order chi connectivity index (χ1) is 22.1. The van der Waals surface area contributed by atoms with E-state index in [1.807, 2.05) is 66.8 Å². The normalized spacial score (nSPS) is 12.0. The van der Waals surface area contributed by atoms with Gasteiger partial charge in [-0.05, 0) is 83.5 Å². The zero-order chi connectivity index (χ0) is 30.3. The van der Waals surface area contributed by atoms with Crippen LogP contribution in [0.1, 0.15) is 33.1 Å². The summed E-state index contributed by atoms with van der Waals surface area (Å²) in [6.45, 7) is 0. The van der Waals surface area contributed by atoms with Crippen LogP contribution in [0.3, 0.4) is 0 Å². The van der Waals surface area contributed by atoms with E-state index in [4.69, 9.17) is 9.97 Å². The average Bonchev–Trinajstić information content (AvgIpc) is 3.90. The Balaban J connectivity index is 1.52. The Morgan fingerprint density at radius 2 is 1.00 bits per heavy atom. The molecular formula is C39H26N4O2. The summed E-state index contributed by atoms with van der Waals surface area (Å²) in [5.74, 6) is -0.964. The number of nitrogens with one attached hydrogen (secondary N) is 2. The summed E-state index contributed by atoms with van der Waals surface area (Å²) < 4.78 is 0. The van der Waals surface area contributed by atoms with Gasteiger partial charge in [0.25, 0.3) is 0 Å². The van der Waals surface area contributed by atoms with Crippen molar-refractivity contribution < 1.29 is 9.90 Å². The van der Waals surface area contributed by atoms with Gasteiger partial charge in [0.05, 0.1) is 28.3 Å². The summed E-state index contributed by atoms with van der Waals surface area (Å²) in [7, 11) is 0. The monoisotopic (exact) mass is 582 g/mol. The molecule has 8 bridgehead atoms. The molecule has 3 aromatic carbocycles. The molecule has 0 radical (unpaired) electrons. The molecular weight excluding hydrogens is 556 g/mol. The Morgan fingerprint density at radius 3 is 1.58 bits per heavy atom. The molecule has 3 N–H and O–H groups in total. The second-order valence-electron chi connectivity index (χ2n) is 11.0. The number of hydrogen-bond acceptors (Lipinski definition) is 3. The van der Waals surface area contributed by atoms with E-state index in [-0.39, 0.29) is 5.56 Å². The third kappa shape index (κ3) is 4.84. The molecule has 3 aromatic heterocycles. The van der Waals surface area contributed by atoms with Gasteiger partial charge in [-0.3, -0.25) is 0 Å². The van der Waals surface area contributed by atoms with Crippen LogP contribution in [0.25, 0.3) is 79.8 Å². The number of benzene rings is 3. The third-order valence-electron chi connectivity index (χ3n) is 8.12. The number of aromatic carboxylic acids is 1. The van der Waals surface area contributed by atoms with E-state index in [0.29, 0.717) is 0 Å². The van der Waals surface area contributed by atoms with Crippen molar-refractivity contribution in [1.29, 1.82) is 0 Å². The Hall–Kier alpha value is -6.27. The molecule has 0 atom stereocenters. The summed E-state index contributed by atoms with van der Waals surface area (Å²) in [6.07, 6.45) is 8.16. The number of fused-ring (bicyclic) bond motifs is 8. The predicted octanol–water partition coefficient (Wildman–Crippen LogP) is 9.35. The molecule has 45 heavy (non-hydrogen) atoms. The van der Waals surface area contributed by atoms with Crippen LogP contribution < -0.4 is 0 Å². The van der Waals surface area contributed by atoms with Crippen LogP contribution in [0.5, 0.6) is 0 Å². The molecule has 0 amide bonds. The fourth-order valence-corrected chi connectivity index (χ4v) is 6.04. The molecule has 0 spiro atoms. The zero-order valence-electron chi connectivity index (χ0n) is 24.0. The van der Waals surface area contributed by atoms with Crippen molar-refractivity contribution in [1.82, 2.24) is 19.9 Å². The summed E-state index contributed by atoms with van der Waals surface area (Å²) in [5, 5.41) is 9.56. The van der Waals surface area contributed by atoms with Gasteiger partial charge < -0.3 is 15.1 Å². The lowest BCUT2D eigenvalue weighted by Gasteiger charge is -2.06. The molecule has 6 aromatic rings. The van der Waals surface area contributed by atoms with Crippen molar-refractivity contribution in [3.63, 3.8) is 0 Å². The van der Waals surface area contributed by atoms with Crippen molar-refractivity contribution >= 4 is 52.3 Å². The minimum absolute atomic E-state index is 0.229. The molecule has 6 heteroatoms. The first-order valence-electron chi connectivity index (χ1n) is 14.7. The molecule has 0 saturated heterocycles. The Kier molecular flexibility index (Phi) is 6.31. The van der Waals surface area contributed by atoms with Crippen LogP contribution in [-0.2, 0) is 0 Å². The van der Waals surface area contributed by atoms with Crippen molar-refractivity contribution in [2.75, 3.05) is 0 Å². The minimum atomic E-state index is -0.964. The van der Waals surface area contributed by atoms with Gasteiger partial charge in [-0.2, -0.15) is 0 Å². The molecule has 2 aliphatic rings. The predicted molar refractivity (Wildman–Crippen MR) is 182 cm³/mol. The van der Waals surface area contributed by atoms with Gasteiger partial charge in [-0.1, -0.05) is 72.8 Å². The zero-order valence-corrected chi connectivity index (χ0v) is 24.0. The van der Waals surface area contributed by atoms with Gasteiger partial charge in [0.2, 0.25) is 0 Å². The highest BCUT2D eigenvalue weighted by Gasteiger charge is 2.17. The highest BCUT2D eigenvalue weighted by Crippen LogP contribution is 2.36. The number of carbonyl (C=O) groups is 1. The summed E-state index contributed by atoms with van der Waals surface area (Å²) in [6, 6.07) is 37.7. The summed E-state index contributed by atoms with van der Waals surface area (Å²) in [5.41, 5.74) is 13.0. The molecule has 0 fully saturated rings. The highest BCUT2D eigenvalue weighted by molar-refractivity contribution is 5.98. The van der Waals surface area contributed by atoms with Crippen molar-refractivity contribution in [2.24, 2.45) is 0 Å². The maximum atomic E-state index is 11.7. The van der Waals surface area contributed by atoms with Gasteiger partial charge in [0.1, 0.15) is 0 Å². The van der Waals surface area contributed by atoms with Gasteiger partial charge in [-0.25, -0.2) is 14.8 Å². The highest BCUT2D eigenvalue weighted by atomic mass is 16.4. The SMILES string of the molecule is O=C(O)c1ccc(-c2c3nc(c(-c4ccccc4)c4ccc(cc5nc(c(-c6ccccc6)c6ccc2[nH]6)C=C5)[nH]4)C=C3)cc1. The number of carboxylic acids is 1. The fourth-order valence-electron chi connectivity index (χ4n) is 6.04. The van der Waals surface area contributed by atoms with Crippen LogP contribution in [0.4, 0.5) is 0 Å². The van der Waals surface area contributed by atoms with Gasteiger partial charge in [0.15, 0.2) is 0 Å². The topological polar surface area (TPSA) is 94.7 Å². The molecule has 8 rings (SSSR count). The number of hydrogen-bond donors (Lipinski definition) is 3. The standard InChI is InChI=1S/C39H26N4O2/c44-39(45)27-13-11-26(12-14-27)38-34-21-19-32(42-34)36(24-7-3-1-4-8-24)30-17-15-28(40-30)23-29-16-18-31(41-29)37(25-9-5-2-6-10-25)33-20-22-35(38)43-33/h1-23,40,43H,(H,44,45). The number of aromatic amines is 2.